The fraction of sp³-hybridized carbons (Fsp3) is 0.562. The average molecular weight is 306 g/mol. The van der Waals surface area contributed by atoms with Gasteiger partial charge in [0.1, 0.15) is 5.75 Å². The molecule has 1 fully saturated rings. The first kappa shape index (κ1) is 15.1. The number of benzene rings is 1. The number of hydrogen-bond donors (Lipinski definition) is 2. The summed E-state index contributed by atoms with van der Waals surface area (Å²) >= 11 is 0. The summed E-state index contributed by atoms with van der Waals surface area (Å²) in [7, 11) is 1.65. The van der Waals surface area contributed by atoms with E-state index in [2.05, 4.69) is 4.90 Å². The first-order chi connectivity index (χ1) is 10.6. The molecule has 2 N–H and O–H groups in total. The molecular weight excluding hydrogens is 284 g/mol. The van der Waals surface area contributed by atoms with Crippen LogP contribution >= 0.6 is 0 Å². The fourth-order valence-electron chi connectivity index (χ4n) is 3.51. The maximum Gasteiger partial charge on any atom is 0.407 e. The van der Waals surface area contributed by atoms with Gasteiger partial charge in [0, 0.05) is 26.2 Å². The van der Waals surface area contributed by atoms with E-state index in [-0.39, 0.29) is 6.04 Å². The van der Waals surface area contributed by atoms with Crippen LogP contribution in [0.1, 0.15) is 23.6 Å². The van der Waals surface area contributed by atoms with Crippen molar-refractivity contribution >= 4 is 6.09 Å². The van der Waals surface area contributed by atoms with Crippen LogP contribution < -0.4 is 4.74 Å². The predicted octanol–water partition coefficient (Wildman–Crippen LogP) is 1.34. The van der Waals surface area contributed by atoms with Crippen LogP contribution in [0.15, 0.2) is 18.2 Å². The molecule has 0 saturated carbocycles. The van der Waals surface area contributed by atoms with E-state index in [1.54, 1.807) is 7.11 Å². The normalized spacial score (nSPS) is 25.6. The van der Waals surface area contributed by atoms with Crippen LogP contribution in [0, 0.1) is 0 Å². The summed E-state index contributed by atoms with van der Waals surface area (Å²) in [5.74, 6) is 0.838. The molecule has 0 radical (unpaired) electrons. The van der Waals surface area contributed by atoms with E-state index in [4.69, 9.17) is 9.84 Å². The maximum absolute atomic E-state index is 11.0. The Labute approximate surface area is 129 Å². The van der Waals surface area contributed by atoms with Crippen molar-refractivity contribution in [1.29, 1.82) is 0 Å². The Morgan fingerprint density at radius 1 is 1.27 bits per heavy atom. The highest BCUT2D eigenvalue weighted by molar-refractivity contribution is 5.65. The third-order valence-corrected chi connectivity index (χ3v) is 4.72. The lowest BCUT2D eigenvalue weighted by molar-refractivity contribution is 0.0106. The highest BCUT2D eigenvalue weighted by atomic mass is 16.5. The Morgan fingerprint density at radius 3 is 2.64 bits per heavy atom. The van der Waals surface area contributed by atoms with Crippen molar-refractivity contribution in [2.75, 3.05) is 33.3 Å². The van der Waals surface area contributed by atoms with Gasteiger partial charge in [-0.25, -0.2) is 4.79 Å². The van der Waals surface area contributed by atoms with Gasteiger partial charge in [-0.2, -0.15) is 0 Å². The van der Waals surface area contributed by atoms with Gasteiger partial charge in [0.05, 0.1) is 19.3 Å². The van der Waals surface area contributed by atoms with Crippen LogP contribution in [0.4, 0.5) is 4.79 Å². The standard InChI is InChI=1S/C16H22N2O4/c1-22-12-3-4-13-11(10-12)2-5-14(19)15(13)17-6-8-18(9-7-17)16(20)21/h3-4,10,14-15,19H,2,5-9H2,1H3,(H,20,21)/t14-,15-/m1/s1. The number of carbonyl (C=O) groups is 1. The number of aliphatic hydroxyl groups excluding tert-OH is 1. The Morgan fingerprint density at radius 2 is 2.00 bits per heavy atom. The molecule has 120 valence electrons. The van der Waals surface area contributed by atoms with Gasteiger partial charge in [0.2, 0.25) is 0 Å². The Bertz CT molecular complexity index is 555. The van der Waals surface area contributed by atoms with Crippen molar-refractivity contribution < 1.29 is 19.7 Å². The van der Waals surface area contributed by atoms with Gasteiger partial charge < -0.3 is 19.8 Å². The van der Waals surface area contributed by atoms with E-state index in [0.717, 1.165) is 24.2 Å². The maximum atomic E-state index is 11.0. The summed E-state index contributed by atoms with van der Waals surface area (Å²) in [5, 5.41) is 19.5. The number of aryl methyl sites for hydroxylation is 1. The summed E-state index contributed by atoms with van der Waals surface area (Å²) in [5.41, 5.74) is 2.36. The molecule has 1 heterocycles. The molecule has 2 atom stereocenters. The minimum absolute atomic E-state index is 0.0504. The number of piperazine rings is 1. The summed E-state index contributed by atoms with van der Waals surface area (Å²) in [6, 6.07) is 5.95. The average Bonchev–Trinajstić information content (AvgIpc) is 2.54. The zero-order chi connectivity index (χ0) is 15.7. The van der Waals surface area contributed by atoms with Crippen molar-refractivity contribution in [1.82, 2.24) is 9.80 Å². The van der Waals surface area contributed by atoms with E-state index in [0.29, 0.717) is 26.2 Å². The van der Waals surface area contributed by atoms with Gasteiger partial charge in [-0.3, -0.25) is 4.90 Å². The van der Waals surface area contributed by atoms with E-state index in [9.17, 15) is 9.90 Å². The smallest absolute Gasteiger partial charge is 0.407 e. The first-order valence-corrected chi connectivity index (χ1v) is 7.67. The number of nitrogens with zero attached hydrogens (tertiary/aromatic N) is 2. The number of rotatable bonds is 2. The second-order valence-corrected chi connectivity index (χ2v) is 5.92. The number of aliphatic hydroxyl groups is 1. The van der Waals surface area contributed by atoms with Crippen LogP contribution in [-0.2, 0) is 6.42 Å². The van der Waals surface area contributed by atoms with Crippen molar-refractivity contribution in [3.63, 3.8) is 0 Å². The molecule has 1 aliphatic heterocycles. The fourth-order valence-corrected chi connectivity index (χ4v) is 3.51. The second-order valence-electron chi connectivity index (χ2n) is 5.92. The SMILES string of the molecule is COc1ccc2c(c1)CC[C@@H](O)[C@@H]2N1CCN(C(=O)O)CC1. The topological polar surface area (TPSA) is 73.2 Å². The molecule has 1 aromatic rings. The van der Waals surface area contributed by atoms with Crippen LogP contribution in [0.2, 0.25) is 0 Å². The van der Waals surface area contributed by atoms with Gasteiger partial charge in [0.25, 0.3) is 0 Å². The molecule has 1 amide bonds. The molecule has 6 nitrogen and oxygen atoms in total. The highest BCUT2D eigenvalue weighted by Gasteiger charge is 2.35. The lowest BCUT2D eigenvalue weighted by Crippen LogP contribution is -2.52. The number of ether oxygens (including phenoxy) is 1. The third-order valence-electron chi connectivity index (χ3n) is 4.72. The minimum Gasteiger partial charge on any atom is -0.497 e. The summed E-state index contributed by atoms with van der Waals surface area (Å²) < 4.78 is 5.28. The second kappa shape index (κ2) is 6.14. The molecule has 0 aromatic heterocycles. The molecule has 0 spiro atoms. The first-order valence-electron chi connectivity index (χ1n) is 7.67. The monoisotopic (exact) mass is 306 g/mol. The Kier molecular flexibility index (Phi) is 4.22. The number of fused-ring (bicyclic) bond motifs is 1. The summed E-state index contributed by atoms with van der Waals surface area (Å²) in [6.07, 6.45) is 0.301. The molecule has 1 aromatic carbocycles. The van der Waals surface area contributed by atoms with Gasteiger partial charge in [-0.05, 0) is 36.1 Å². The van der Waals surface area contributed by atoms with Gasteiger partial charge >= 0.3 is 6.09 Å². The number of hydrogen-bond acceptors (Lipinski definition) is 4. The Balaban J connectivity index is 1.81. The van der Waals surface area contributed by atoms with Crippen molar-refractivity contribution in [2.45, 2.75) is 25.0 Å². The molecule has 1 aliphatic carbocycles. The molecule has 6 heteroatoms. The zero-order valence-electron chi connectivity index (χ0n) is 12.7. The van der Waals surface area contributed by atoms with Crippen LogP contribution in [0.25, 0.3) is 0 Å². The van der Waals surface area contributed by atoms with Crippen LogP contribution in [0.5, 0.6) is 5.75 Å². The predicted molar refractivity (Wildman–Crippen MR) is 81.2 cm³/mol. The molecule has 1 saturated heterocycles. The number of methoxy groups -OCH3 is 1. The Hall–Kier alpha value is -1.79. The van der Waals surface area contributed by atoms with Crippen molar-refractivity contribution in [3.05, 3.63) is 29.3 Å². The summed E-state index contributed by atoms with van der Waals surface area (Å²) in [6.45, 7) is 2.28. The van der Waals surface area contributed by atoms with Crippen LogP contribution in [-0.4, -0.2) is 65.5 Å². The number of amides is 1. The number of carboxylic acid groups (broad SMARTS) is 1. The molecule has 22 heavy (non-hydrogen) atoms. The highest BCUT2D eigenvalue weighted by Crippen LogP contribution is 2.36. The molecule has 0 bridgehead atoms. The summed E-state index contributed by atoms with van der Waals surface area (Å²) in [4.78, 5) is 14.6. The molecule has 0 unspecified atom stereocenters. The lowest BCUT2D eigenvalue weighted by Gasteiger charge is -2.42. The minimum atomic E-state index is -0.867. The van der Waals surface area contributed by atoms with E-state index >= 15 is 0 Å². The zero-order valence-corrected chi connectivity index (χ0v) is 12.7. The van der Waals surface area contributed by atoms with Crippen molar-refractivity contribution in [2.24, 2.45) is 0 Å². The van der Waals surface area contributed by atoms with Gasteiger partial charge in [-0.15, -0.1) is 0 Å². The lowest BCUT2D eigenvalue weighted by atomic mass is 9.84. The molecular formula is C16H22N2O4. The van der Waals surface area contributed by atoms with E-state index in [1.165, 1.54) is 10.5 Å². The van der Waals surface area contributed by atoms with Crippen LogP contribution in [0.3, 0.4) is 0 Å². The van der Waals surface area contributed by atoms with Gasteiger partial charge in [-0.1, -0.05) is 6.07 Å². The van der Waals surface area contributed by atoms with E-state index < -0.39 is 12.2 Å². The van der Waals surface area contributed by atoms with Gasteiger partial charge in [0.15, 0.2) is 0 Å². The molecule has 3 rings (SSSR count). The van der Waals surface area contributed by atoms with E-state index in [1.807, 2.05) is 18.2 Å². The molecule has 2 aliphatic rings. The largest absolute Gasteiger partial charge is 0.497 e. The third kappa shape index (κ3) is 2.76. The quantitative estimate of drug-likeness (QED) is 0.862. The van der Waals surface area contributed by atoms with Crippen molar-refractivity contribution in [3.8, 4) is 5.75 Å².